The summed E-state index contributed by atoms with van der Waals surface area (Å²) < 4.78 is 5.12. The lowest BCUT2D eigenvalue weighted by molar-refractivity contribution is -0.122. The largest absolute Gasteiger partial charge is 0.497 e. The van der Waals surface area contributed by atoms with E-state index in [4.69, 9.17) is 11.2 Å². The first kappa shape index (κ1) is 16.6. The summed E-state index contributed by atoms with van der Waals surface area (Å²) in [5, 5.41) is 2.84. The lowest BCUT2D eigenvalue weighted by Gasteiger charge is -2.17. The highest BCUT2D eigenvalue weighted by atomic mass is 16.5. The Kier molecular flexibility index (Phi) is 4.71. The maximum Gasteiger partial charge on any atom is 0.229 e. The van der Waals surface area contributed by atoms with Gasteiger partial charge in [0, 0.05) is 29.9 Å². The van der Waals surface area contributed by atoms with Gasteiger partial charge in [0.15, 0.2) is 0 Å². The zero-order chi connectivity index (χ0) is 17.8. The van der Waals surface area contributed by atoms with Crippen molar-refractivity contribution in [2.45, 2.75) is 6.42 Å². The molecule has 0 spiro atoms. The van der Waals surface area contributed by atoms with Crippen LogP contribution in [0.5, 0.6) is 5.75 Å². The maximum absolute atomic E-state index is 12.5. The Labute approximate surface area is 146 Å². The summed E-state index contributed by atoms with van der Waals surface area (Å²) in [6.45, 7) is 0.353. The molecule has 0 bridgehead atoms. The Bertz CT molecular complexity index is 837. The van der Waals surface area contributed by atoms with Crippen molar-refractivity contribution in [3.8, 4) is 18.1 Å². The monoisotopic (exact) mass is 334 g/mol. The van der Waals surface area contributed by atoms with E-state index in [1.54, 1.807) is 48.4 Å². The maximum atomic E-state index is 12.5. The summed E-state index contributed by atoms with van der Waals surface area (Å²) in [6, 6.07) is 14.3. The molecule has 1 atom stereocenters. The molecule has 1 heterocycles. The van der Waals surface area contributed by atoms with Gasteiger partial charge in [0.1, 0.15) is 5.75 Å². The third kappa shape index (κ3) is 3.64. The fourth-order valence-electron chi connectivity index (χ4n) is 2.83. The molecule has 1 aliphatic heterocycles. The minimum atomic E-state index is -0.399. The number of nitrogens with one attached hydrogen (secondary N) is 1. The fourth-order valence-corrected chi connectivity index (χ4v) is 2.83. The average Bonchev–Trinajstić information content (AvgIpc) is 3.04. The van der Waals surface area contributed by atoms with Crippen LogP contribution in [0.4, 0.5) is 11.4 Å². The Balaban J connectivity index is 1.68. The van der Waals surface area contributed by atoms with Gasteiger partial charge in [-0.25, -0.2) is 0 Å². The van der Waals surface area contributed by atoms with E-state index in [1.165, 1.54) is 0 Å². The minimum Gasteiger partial charge on any atom is -0.497 e. The second kappa shape index (κ2) is 7.10. The SMILES string of the molecule is C#Cc1cccc(NC(=O)C2CC(=O)N(c3ccc(OC)cc3)C2)c1. The number of amides is 2. The van der Waals surface area contributed by atoms with Gasteiger partial charge in [0.25, 0.3) is 0 Å². The van der Waals surface area contributed by atoms with Crippen LogP contribution in [-0.2, 0) is 9.59 Å². The Morgan fingerprint density at radius 3 is 2.72 bits per heavy atom. The molecule has 0 aliphatic carbocycles. The molecule has 2 aromatic carbocycles. The number of rotatable bonds is 4. The standard InChI is InChI=1S/C20H18N2O3/c1-3-14-5-4-6-16(11-14)21-20(24)15-12-19(23)22(13-15)17-7-9-18(25-2)10-8-17/h1,4-11,15H,12-13H2,2H3,(H,21,24). The van der Waals surface area contributed by atoms with Gasteiger partial charge in [-0.1, -0.05) is 12.0 Å². The molecule has 0 aromatic heterocycles. The summed E-state index contributed by atoms with van der Waals surface area (Å²) >= 11 is 0. The number of hydrogen-bond acceptors (Lipinski definition) is 3. The number of terminal acetylenes is 1. The number of ether oxygens (including phenoxy) is 1. The van der Waals surface area contributed by atoms with Crippen molar-refractivity contribution >= 4 is 23.2 Å². The van der Waals surface area contributed by atoms with E-state index in [0.717, 1.165) is 11.4 Å². The fraction of sp³-hybridized carbons (Fsp3) is 0.200. The van der Waals surface area contributed by atoms with Crippen molar-refractivity contribution in [3.05, 3.63) is 54.1 Å². The van der Waals surface area contributed by atoms with Crippen molar-refractivity contribution < 1.29 is 14.3 Å². The number of carbonyl (C=O) groups is 2. The molecule has 126 valence electrons. The molecule has 0 radical (unpaired) electrons. The smallest absolute Gasteiger partial charge is 0.229 e. The molecule has 1 N–H and O–H groups in total. The highest BCUT2D eigenvalue weighted by Gasteiger charge is 2.35. The van der Waals surface area contributed by atoms with Crippen molar-refractivity contribution in [1.29, 1.82) is 0 Å². The molecular weight excluding hydrogens is 316 g/mol. The van der Waals surface area contributed by atoms with Crippen LogP contribution in [0.1, 0.15) is 12.0 Å². The normalized spacial score (nSPS) is 16.4. The number of nitrogens with zero attached hydrogens (tertiary/aromatic N) is 1. The van der Waals surface area contributed by atoms with Crippen molar-refractivity contribution in [1.82, 2.24) is 0 Å². The number of anilines is 2. The number of hydrogen-bond donors (Lipinski definition) is 1. The van der Waals surface area contributed by atoms with E-state index < -0.39 is 5.92 Å². The summed E-state index contributed by atoms with van der Waals surface area (Å²) in [5.41, 5.74) is 2.09. The molecule has 2 amide bonds. The van der Waals surface area contributed by atoms with Crippen LogP contribution in [0.15, 0.2) is 48.5 Å². The van der Waals surface area contributed by atoms with Crippen molar-refractivity contribution in [3.63, 3.8) is 0 Å². The summed E-state index contributed by atoms with van der Waals surface area (Å²) in [4.78, 5) is 26.4. The second-order valence-electron chi connectivity index (χ2n) is 5.82. The van der Waals surface area contributed by atoms with Gasteiger partial charge in [-0.3, -0.25) is 9.59 Å². The van der Waals surface area contributed by atoms with Crippen LogP contribution in [-0.4, -0.2) is 25.5 Å². The summed E-state index contributed by atoms with van der Waals surface area (Å²) in [7, 11) is 1.59. The molecular formula is C20H18N2O3. The average molecular weight is 334 g/mol. The van der Waals surface area contributed by atoms with Gasteiger partial charge in [-0.2, -0.15) is 0 Å². The van der Waals surface area contributed by atoms with Crippen LogP contribution in [0.2, 0.25) is 0 Å². The molecule has 1 saturated heterocycles. The highest BCUT2D eigenvalue weighted by molar-refractivity contribution is 6.03. The predicted molar refractivity (Wildman–Crippen MR) is 96.5 cm³/mol. The molecule has 1 aliphatic rings. The zero-order valence-electron chi connectivity index (χ0n) is 13.9. The molecule has 1 unspecified atom stereocenters. The Hall–Kier alpha value is -3.26. The number of carbonyl (C=O) groups excluding carboxylic acids is 2. The van der Waals surface area contributed by atoms with E-state index in [0.29, 0.717) is 17.8 Å². The first-order valence-electron chi connectivity index (χ1n) is 7.92. The number of methoxy groups -OCH3 is 1. The molecule has 1 fully saturated rings. The molecule has 5 nitrogen and oxygen atoms in total. The first-order valence-corrected chi connectivity index (χ1v) is 7.92. The van der Waals surface area contributed by atoms with E-state index in [9.17, 15) is 9.59 Å². The van der Waals surface area contributed by atoms with Crippen LogP contribution in [0.3, 0.4) is 0 Å². The second-order valence-corrected chi connectivity index (χ2v) is 5.82. The lowest BCUT2D eigenvalue weighted by atomic mass is 10.1. The van der Waals surface area contributed by atoms with Gasteiger partial charge in [-0.15, -0.1) is 6.42 Å². The zero-order valence-corrected chi connectivity index (χ0v) is 13.9. The third-order valence-corrected chi connectivity index (χ3v) is 4.18. The van der Waals surface area contributed by atoms with Crippen LogP contribution in [0, 0.1) is 18.3 Å². The number of benzene rings is 2. The molecule has 0 saturated carbocycles. The van der Waals surface area contributed by atoms with Crippen LogP contribution < -0.4 is 15.0 Å². The molecule has 3 rings (SSSR count). The lowest BCUT2D eigenvalue weighted by Crippen LogP contribution is -2.28. The summed E-state index contributed by atoms with van der Waals surface area (Å²) in [6.07, 6.45) is 5.56. The van der Waals surface area contributed by atoms with Gasteiger partial charge >= 0.3 is 0 Å². The minimum absolute atomic E-state index is 0.0670. The third-order valence-electron chi connectivity index (χ3n) is 4.18. The molecule has 2 aromatic rings. The van der Waals surface area contributed by atoms with E-state index in [2.05, 4.69) is 11.2 Å². The van der Waals surface area contributed by atoms with E-state index >= 15 is 0 Å². The van der Waals surface area contributed by atoms with Crippen molar-refractivity contribution in [2.75, 3.05) is 23.9 Å². The Morgan fingerprint density at radius 1 is 1.28 bits per heavy atom. The Morgan fingerprint density at radius 2 is 2.04 bits per heavy atom. The quantitative estimate of drug-likeness (QED) is 0.875. The van der Waals surface area contributed by atoms with E-state index in [-0.39, 0.29) is 18.2 Å². The highest BCUT2D eigenvalue weighted by Crippen LogP contribution is 2.27. The molecule has 25 heavy (non-hydrogen) atoms. The van der Waals surface area contributed by atoms with Gasteiger partial charge in [0.05, 0.1) is 13.0 Å². The van der Waals surface area contributed by atoms with Crippen LogP contribution >= 0.6 is 0 Å². The molecule has 5 heteroatoms. The summed E-state index contributed by atoms with van der Waals surface area (Å²) in [5.74, 6) is 2.60. The van der Waals surface area contributed by atoms with Gasteiger partial charge in [0.2, 0.25) is 11.8 Å². The predicted octanol–water partition coefficient (Wildman–Crippen LogP) is 2.67. The van der Waals surface area contributed by atoms with Crippen molar-refractivity contribution in [2.24, 2.45) is 5.92 Å². The van der Waals surface area contributed by atoms with Crippen LogP contribution in [0.25, 0.3) is 0 Å². The van der Waals surface area contributed by atoms with Gasteiger partial charge < -0.3 is 15.0 Å². The van der Waals surface area contributed by atoms with E-state index in [1.807, 2.05) is 12.1 Å². The van der Waals surface area contributed by atoms with Gasteiger partial charge in [-0.05, 0) is 42.5 Å². The first-order chi connectivity index (χ1) is 12.1. The topological polar surface area (TPSA) is 58.6 Å².